The number of hydrogen-bond donors (Lipinski definition) is 2. The molecule has 108 valence electrons. The standard InChI is InChI=1S/C13H17N3O2S2/c1-2-20(17,18)11-12(14)16-19-13(11)15-9-8-10-6-4-3-5-7-10/h3-7,15H,2,8-9H2,1H3,(H2,14,16). The highest BCUT2D eigenvalue weighted by atomic mass is 32.2. The van der Waals surface area contributed by atoms with Crippen molar-refractivity contribution in [1.29, 1.82) is 0 Å². The van der Waals surface area contributed by atoms with Gasteiger partial charge in [0.15, 0.2) is 15.7 Å². The molecule has 0 saturated carbocycles. The molecule has 7 heteroatoms. The van der Waals surface area contributed by atoms with Crippen LogP contribution >= 0.6 is 11.5 Å². The van der Waals surface area contributed by atoms with E-state index in [9.17, 15) is 8.42 Å². The van der Waals surface area contributed by atoms with Gasteiger partial charge in [0.2, 0.25) is 0 Å². The van der Waals surface area contributed by atoms with E-state index >= 15 is 0 Å². The minimum Gasteiger partial charge on any atom is -0.382 e. The molecule has 0 saturated heterocycles. The molecule has 0 bridgehead atoms. The summed E-state index contributed by atoms with van der Waals surface area (Å²) < 4.78 is 27.9. The molecule has 0 radical (unpaired) electrons. The number of benzene rings is 1. The highest BCUT2D eigenvalue weighted by Gasteiger charge is 2.23. The van der Waals surface area contributed by atoms with E-state index in [0.717, 1.165) is 18.0 Å². The second-order valence-electron chi connectivity index (χ2n) is 4.29. The Morgan fingerprint density at radius 2 is 2.00 bits per heavy atom. The van der Waals surface area contributed by atoms with Crippen LogP contribution in [0.4, 0.5) is 10.8 Å². The number of nitrogens with zero attached hydrogens (tertiary/aromatic N) is 1. The van der Waals surface area contributed by atoms with Crippen LogP contribution in [0.2, 0.25) is 0 Å². The number of hydrogen-bond acceptors (Lipinski definition) is 6. The van der Waals surface area contributed by atoms with Gasteiger partial charge in [-0.3, -0.25) is 0 Å². The Bertz CT molecular complexity index is 666. The summed E-state index contributed by atoms with van der Waals surface area (Å²) in [5, 5.41) is 3.65. The van der Waals surface area contributed by atoms with Crippen molar-refractivity contribution in [3.63, 3.8) is 0 Å². The highest BCUT2D eigenvalue weighted by Crippen LogP contribution is 2.32. The molecule has 0 aliphatic heterocycles. The topological polar surface area (TPSA) is 85.1 Å². The van der Waals surface area contributed by atoms with Crippen LogP contribution in [-0.4, -0.2) is 25.1 Å². The van der Waals surface area contributed by atoms with Crippen LogP contribution in [0.3, 0.4) is 0 Å². The molecule has 0 atom stereocenters. The van der Waals surface area contributed by atoms with Crippen LogP contribution in [0.5, 0.6) is 0 Å². The van der Waals surface area contributed by atoms with Gasteiger partial charge in [0.25, 0.3) is 0 Å². The Hall–Kier alpha value is -1.60. The van der Waals surface area contributed by atoms with Crippen LogP contribution in [-0.2, 0) is 16.3 Å². The van der Waals surface area contributed by atoms with E-state index < -0.39 is 9.84 Å². The van der Waals surface area contributed by atoms with E-state index in [4.69, 9.17) is 5.73 Å². The van der Waals surface area contributed by atoms with E-state index in [1.165, 1.54) is 5.56 Å². The van der Waals surface area contributed by atoms with Crippen molar-refractivity contribution in [3.05, 3.63) is 35.9 Å². The molecule has 2 rings (SSSR count). The zero-order valence-corrected chi connectivity index (χ0v) is 12.8. The lowest BCUT2D eigenvalue weighted by Crippen LogP contribution is -2.10. The van der Waals surface area contributed by atoms with Crippen LogP contribution in [0.1, 0.15) is 12.5 Å². The lowest BCUT2D eigenvalue weighted by Gasteiger charge is -2.07. The quantitative estimate of drug-likeness (QED) is 0.854. The first kappa shape index (κ1) is 14.8. The summed E-state index contributed by atoms with van der Waals surface area (Å²) in [6, 6.07) is 9.99. The number of nitrogens with two attached hydrogens (primary N) is 1. The molecular formula is C13H17N3O2S2. The number of sulfone groups is 1. The number of aromatic nitrogens is 1. The van der Waals surface area contributed by atoms with Crippen molar-refractivity contribution in [2.24, 2.45) is 0 Å². The molecule has 1 aromatic carbocycles. The van der Waals surface area contributed by atoms with Gasteiger partial charge in [-0.2, -0.15) is 4.37 Å². The SMILES string of the molecule is CCS(=O)(=O)c1c(N)nsc1NCCc1ccccc1. The number of anilines is 2. The Kier molecular flexibility index (Phi) is 4.61. The van der Waals surface area contributed by atoms with Crippen molar-refractivity contribution in [2.75, 3.05) is 23.3 Å². The summed E-state index contributed by atoms with van der Waals surface area (Å²) >= 11 is 1.09. The molecular weight excluding hydrogens is 294 g/mol. The van der Waals surface area contributed by atoms with Gasteiger partial charge in [0, 0.05) is 6.54 Å². The van der Waals surface area contributed by atoms with E-state index in [0.29, 0.717) is 11.5 Å². The van der Waals surface area contributed by atoms with Crippen LogP contribution in [0, 0.1) is 0 Å². The summed E-state index contributed by atoms with van der Waals surface area (Å²) in [7, 11) is -3.35. The second kappa shape index (κ2) is 6.23. The van der Waals surface area contributed by atoms with Gasteiger partial charge in [-0.25, -0.2) is 8.42 Å². The summed E-state index contributed by atoms with van der Waals surface area (Å²) in [6.45, 7) is 2.23. The zero-order chi connectivity index (χ0) is 14.6. The third kappa shape index (κ3) is 3.29. The van der Waals surface area contributed by atoms with Crippen molar-refractivity contribution in [1.82, 2.24) is 4.37 Å². The smallest absolute Gasteiger partial charge is 0.184 e. The minimum atomic E-state index is -3.35. The lowest BCUT2D eigenvalue weighted by molar-refractivity contribution is 0.598. The monoisotopic (exact) mass is 311 g/mol. The second-order valence-corrected chi connectivity index (χ2v) is 7.28. The van der Waals surface area contributed by atoms with Crippen molar-refractivity contribution in [2.45, 2.75) is 18.2 Å². The Balaban J connectivity index is 2.08. The van der Waals surface area contributed by atoms with Crippen molar-refractivity contribution >= 4 is 32.2 Å². The van der Waals surface area contributed by atoms with Gasteiger partial charge in [-0.1, -0.05) is 37.3 Å². The van der Waals surface area contributed by atoms with Crippen LogP contribution in [0.15, 0.2) is 35.2 Å². The van der Waals surface area contributed by atoms with E-state index in [1.54, 1.807) is 6.92 Å². The number of nitrogens with one attached hydrogen (secondary N) is 1. The molecule has 0 fully saturated rings. The van der Waals surface area contributed by atoms with Gasteiger partial charge < -0.3 is 11.1 Å². The summed E-state index contributed by atoms with van der Waals surface area (Å²) in [6.07, 6.45) is 0.810. The fourth-order valence-electron chi connectivity index (χ4n) is 1.82. The highest BCUT2D eigenvalue weighted by molar-refractivity contribution is 7.91. The maximum absolute atomic E-state index is 12.0. The summed E-state index contributed by atoms with van der Waals surface area (Å²) in [5.41, 5.74) is 6.86. The first-order chi connectivity index (χ1) is 9.54. The van der Waals surface area contributed by atoms with E-state index in [-0.39, 0.29) is 16.5 Å². The lowest BCUT2D eigenvalue weighted by atomic mass is 10.1. The van der Waals surface area contributed by atoms with Crippen LogP contribution in [0.25, 0.3) is 0 Å². The Morgan fingerprint density at radius 3 is 2.65 bits per heavy atom. The van der Waals surface area contributed by atoms with Gasteiger partial charge in [0.05, 0.1) is 5.75 Å². The fraction of sp³-hybridized carbons (Fsp3) is 0.308. The maximum atomic E-state index is 12.0. The first-order valence-electron chi connectivity index (χ1n) is 6.30. The molecule has 1 heterocycles. The van der Waals surface area contributed by atoms with Gasteiger partial charge in [0.1, 0.15) is 9.90 Å². The molecule has 0 unspecified atom stereocenters. The molecule has 1 aromatic heterocycles. The molecule has 0 aliphatic rings. The Morgan fingerprint density at radius 1 is 1.30 bits per heavy atom. The maximum Gasteiger partial charge on any atom is 0.184 e. The number of rotatable bonds is 6. The third-order valence-corrected chi connectivity index (χ3v) is 5.65. The zero-order valence-electron chi connectivity index (χ0n) is 11.2. The molecule has 0 spiro atoms. The average Bonchev–Trinajstić information content (AvgIpc) is 2.82. The predicted octanol–water partition coefficient (Wildman–Crippen LogP) is 2.17. The normalized spacial score (nSPS) is 11.4. The molecule has 20 heavy (non-hydrogen) atoms. The molecule has 2 aromatic rings. The largest absolute Gasteiger partial charge is 0.382 e. The van der Waals surface area contributed by atoms with Gasteiger partial charge in [-0.05, 0) is 23.5 Å². The molecule has 0 aliphatic carbocycles. The van der Waals surface area contributed by atoms with Gasteiger partial charge >= 0.3 is 0 Å². The minimum absolute atomic E-state index is 0.0168. The predicted molar refractivity (Wildman–Crippen MR) is 82.9 cm³/mol. The molecule has 5 nitrogen and oxygen atoms in total. The fourth-order valence-corrected chi connectivity index (χ4v) is 4.01. The van der Waals surface area contributed by atoms with Crippen molar-refractivity contribution in [3.8, 4) is 0 Å². The van der Waals surface area contributed by atoms with E-state index in [1.807, 2.05) is 30.3 Å². The first-order valence-corrected chi connectivity index (χ1v) is 8.73. The van der Waals surface area contributed by atoms with Crippen molar-refractivity contribution < 1.29 is 8.42 Å². The Labute approximate surface area is 122 Å². The van der Waals surface area contributed by atoms with Gasteiger partial charge in [-0.15, -0.1) is 0 Å². The molecule has 3 N–H and O–H groups in total. The van der Waals surface area contributed by atoms with E-state index in [2.05, 4.69) is 9.69 Å². The summed E-state index contributed by atoms with van der Waals surface area (Å²) in [4.78, 5) is 0.137. The number of nitrogen functional groups attached to an aromatic ring is 1. The third-order valence-electron chi connectivity index (χ3n) is 2.91. The van der Waals surface area contributed by atoms with Crippen LogP contribution < -0.4 is 11.1 Å². The molecule has 0 amide bonds. The summed E-state index contributed by atoms with van der Waals surface area (Å²) in [5.74, 6) is 0.0993. The average molecular weight is 311 g/mol.